The van der Waals surface area contributed by atoms with Gasteiger partial charge in [-0.05, 0) is 0 Å². The molecule has 0 heterocycles. The zero-order valence-corrected chi connectivity index (χ0v) is 1.92. The van der Waals surface area contributed by atoms with E-state index < -0.39 is 0 Å². The fourth-order valence-corrected chi connectivity index (χ4v) is 0. The maximum absolute atomic E-state index is 6.50. The average molecular weight is 67.0 g/mol. The van der Waals surface area contributed by atoms with E-state index in [1.165, 1.54) is 0 Å². The predicted molar refractivity (Wildman–Crippen MR) is 11.2 cm³/mol. The van der Waals surface area contributed by atoms with Gasteiger partial charge in [0.15, 0.2) is 0 Å². The van der Waals surface area contributed by atoms with E-state index in [1.54, 1.807) is 0 Å². The van der Waals surface area contributed by atoms with Crippen LogP contribution in [0.5, 0.6) is 0 Å². The first kappa shape index (κ1) is 9.15. The second kappa shape index (κ2) is 376. The molecule has 0 spiro atoms. The summed E-state index contributed by atoms with van der Waals surface area (Å²) in [7, 11) is 0. The Morgan fingerprint density at radius 1 is 1.00 bits per heavy atom. The van der Waals surface area contributed by atoms with Crippen molar-refractivity contribution in [1.82, 2.24) is 0 Å². The van der Waals surface area contributed by atoms with Crippen LogP contribution in [0.25, 0.3) is 0 Å². The molecule has 0 fully saturated rings. The summed E-state index contributed by atoms with van der Waals surface area (Å²) >= 11 is 0. The first-order valence-electron chi connectivity index (χ1n) is 0.458. The van der Waals surface area contributed by atoms with E-state index >= 15 is 0 Å². The molecule has 0 aliphatic heterocycles. The molecule has 0 aromatic rings. The van der Waals surface area contributed by atoms with E-state index in [2.05, 4.69) is 5.90 Å². The molecule has 0 aliphatic carbocycles. The second-order valence-electron chi connectivity index (χ2n) is 0. The summed E-state index contributed by atoms with van der Waals surface area (Å²) in [6, 6.07) is 0. The molecule has 0 amide bonds. The number of nitrogens with two attached hydrogens (primary N) is 1. The lowest BCUT2D eigenvalue weighted by Gasteiger charge is -1.27. The molecule has 0 rings (SSSR count). The molecular formula is H5NO3. The van der Waals surface area contributed by atoms with Crippen molar-refractivity contribution in [1.29, 1.82) is 0 Å². The average Bonchev–Trinajstić information content (AvgIpc) is 1.50. The van der Waals surface area contributed by atoms with E-state index in [0.29, 0.717) is 0 Å². The van der Waals surface area contributed by atoms with Gasteiger partial charge < -0.3 is 5.21 Å². The highest BCUT2D eigenvalue weighted by Gasteiger charge is 0.746. The van der Waals surface area contributed by atoms with Crippen LogP contribution in [0.2, 0.25) is 0 Å². The lowest BCUT2D eigenvalue weighted by Crippen LogP contribution is -1.72. The Balaban J connectivity index is 0. The molecule has 0 radical (unpaired) electrons. The maximum Gasteiger partial charge on any atom is -0.219 e. The molecular weight excluding hydrogens is 62.0 g/mol. The highest BCUT2D eigenvalue weighted by Crippen LogP contribution is 0.711. The highest BCUT2D eigenvalue weighted by molar-refractivity contribution is 2.77. The Bertz CT molecular complexity index is 3.25. The van der Waals surface area contributed by atoms with Crippen molar-refractivity contribution in [3.8, 4) is 0 Å². The Kier molecular flexibility index (Phi) is 859. The monoisotopic (exact) mass is 67.0 g/mol. The first-order valence-corrected chi connectivity index (χ1v) is 0.458. The van der Waals surface area contributed by atoms with Crippen LogP contribution in [0.3, 0.4) is 0 Å². The standard InChI is InChI=1S/H3NO.H2O2/c2*1-2/h2H,1H2;1-2H. The van der Waals surface area contributed by atoms with Crippen molar-refractivity contribution in [2.75, 3.05) is 0 Å². The SMILES string of the molecule is NO.OO. The Hall–Kier alpha value is -0.160. The van der Waals surface area contributed by atoms with Crippen molar-refractivity contribution in [2.24, 2.45) is 5.90 Å². The van der Waals surface area contributed by atoms with Gasteiger partial charge in [-0.15, -0.1) is 0 Å². The van der Waals surface area contributed by atoms with Crippen molar-refractivity contribution in [3.63, 3.8) is 0 Å². The van der Waals surface area contributed by atoms with Crippen molar-refractivity contribution in [2.45, 2.75) is 0 Å². The molecule has 4 heavy (non-hydrogen) atoms. The second-order valence-corrected chi connectivity index (χ2v) is 0. The molecule has 5 N–H and O–H groups in total. The van der Waals surface area contributed by atoms with Gasteiger partial charge in [-0.1, -0.05) is 0 Å². The van der Waals surface area contributed by atoms with Crippen molar-refractivity contribution in [3.05, 3.63) is 0 Å². The fraction of sp³-hybridized carbons (Fsp3) is 0. The van der Waals surface area contributed by atoms with Gasteiger partial charge in [0.25, 0.3) is 0 Å². The molecule has 0 unspecified atom stereocenters. The third-order valence-electron chi connectivity index (χ3n) is 0. The van der Waals surface area contributed by atoms with Gasteiger partial charge in [-0.2, -0.15) is 0 Å². The zero-order chi connectivity index (χ0) is 4.00. The van der Waals surface area contributed by atoms with Gasteiger partial charge in [0.2, 0.25) is 0 Å². The van der Waals surface area contributed by atoms with Crippen LogP contribution in [0.4, 0.5) is 0 Å². The predicted octanol–water partition coefficient (Wildman–Crippen LogP) is -0.648. The van der Waals surface area contributed by atoms with E-state index in [1.807, 2.05) is 0 Å². The van der Waals surface area contributed by atoms with E-state index in [0.717, 1.165) is 0 Å². The normalized spacial score (nSPS) is 3.00. The highest BCUT2D eigenvalue weighted by atomic mass is 17.0. The Morgan fingerprint density at radius 3 is 1.00 bits per heavy atom. The van der Waals surface area contributed by atoms with Crippen LogP contribution in [0.15, 0.2) is 0 Å². The molecule has 0 saturated heterocycles. The van der Waals surface area contributed by atoms with Gasteiger partial charge in [-0.3, -0.25) is 10.5 Å². The largest absolute Gasteiger partial charge is 0.320 e. The molecule has 0 bridgehead atoms. The molecule has 0 aliphatic rings. The molecule has 0 aromatic heterocycles. The summed E-state index contributed by atoms with van der Waals surface area (Å²) < 4.78 is 0. The van der Waals surface area contributed by atoms with Crippen LogP contribution in [0.1, 0.15) is 0 Å². The molecule has 0 saturated carbocycles. The minimum absolute atomic E-state index is 3.50. The smallest absolute Gasteiger partial charge is 0.219 e. The van der Waals surface area contributed by atoms with Gasteiger partial charge >= 0.3 is 0 Å². The maximum atomic E-state index is 6.50. The Morgan fingerprint density at radius 2 is 1.00 bits per heavy atom. The third-order valence-corrected chi connectivity index (χ3v) is 0. The van der Waals surface area contributed by atoms with Crippen LogP contribution in [0, 0.1) is 0 Å². The summed E-state index contributed by atoms with van der Waals surface area (Å²) in [5, 5.41) is 18.5. The number of hydrogen-bond donors (Lipinski definition) is 4. The van der Waals surface area contributed by atoms with Crippen molar-refractivity contribution >= 4 is 0 Å². The van der Waals surface area contributed by atoms with Crippen molar-refractivity contribution < 1.29 is 15.7 Å². The minimum Gasteiger partial charge on any atom is -0.320 e. The topological polar surface area (TPSA) is 86.7 Å². The molecule has 4 nitrogen and oxygen atoms in total. The third kappa shape index (κ3) is 50.7. The first-order chi connectivity index (χ1) is 2.00. The summed E-state index contributed by atoms with van der Waals surface area (Å²) in [6.07, 6.45) is 0. The lowest BCUT2D eigenvalue weighted by molar-refractivity contribution is -0.176. The van der Waals surface area contributed by atoms with Gasteiger partial charge in [0.1, 0.15) is 0 Å². The van der Waals surface area contributed by atoms with Gasteiger partial charge in [0, 0.05) is 0 Å². The van der Waals surface area contributed by atoms with Crippen LogP contribution >= 0.6 is 0 Å². The molecule has 0 aromatic carbocycles. The van der Waals surface area contributed by atoms with E-state index in [4.69, 9.17) is 15.7 Å². The van der Waals surface area contributed by atoms with Crippen LogP contribution in [-0.4, -0.2) is 15.7 Å². The lowest BCUT2D eigenvalue weighted by atomic mass is 13.6. The summed E-state index contributed by atoms with van der Waals surface area (Å²) in [5.41, 5.74) is 0. The van der Waals surface area contributed by atoms with Crippen LogP contribution in [-0.2, 0) is 0 Å². The summed E-state index contributed by atoms with van der Waals surface area (Å²) in [5.74, 6) is 3.50. The summed E-state index contributed by atoms with van der Waals surface area (Å²) in [6.45, 7) is 0. The number of hydrogen-bond acceptors (Lipinski definition) is 4. The molecule has 28 valence electrons. The zero-order valence-electron chi connectivity index (χ0n) is 1.92. The van der Waals surface area contributed by atoms with Gasteiger partial charge in [0.05, 0.1) is 0 Å². The number of rotatable bonds is 0. The fourth-order valence-electron chi connectivity index (χ4n) is 0. The molecule has 0 atom stereocenters. The van der Waals surface area contributed by atoms with Gasteiger partial charge in [-0.25, -0.2) is 5.90 Å². The Labute approximate surface area is 23.0 Å². The van der Waals surface area contributed by atoms with E-state index in [-0.39, 0.29) is 0 Å². The van der Waals surface area contributed by atoms with E-state index in [9.17, 15) is 0 Å². The molecule has 4 heteroatoms. The van der Waals surface area contributed by atoms with Crippen LogP contribution < -0.4 is 5.90 Å². The summed E-state index contributed by atoms with van der Waals surface area (Å²) in [4.78, 5) is 0. The quantitative estimate of drug-likeness (QED) is 0.224. The minimum atomic E-state index is 3.50.